The van der Waals surface area contributed by atoms with Crippen LogP contribution in [0.1, 0.15) is 36.2 Å². The summed E-state index contributed by atoms with van der Waals surface area (Å²) in [7, 11) is 1.87. The van der Waals surface area contributed by atoms with Gasteiger partial charge in [-0.3, -0.25) is 4.79 Å². The number of imidazole rings is 1. The van der Waals surface area contributed by atoms with E-state index in [1.54, 1.807) is 17.1 Å². The van der Waals surface area contributed by atoms with E-state index in [0.29, 0.717) is 18.3 Å². The third-order valence-electron chi connectivity index (χ3n) is 3.30. The molecular weight excluding hydrogens is 216 g/mol. The van der Waals surface area contributed by atoms with Gasteiger partial charge < -0.3 is 15.2 Å². The van der Waals surface area contributed by atoms with E-state index in [9.17, 15) is 4.79 Å². The molecule has 0 aliphatic carbocycles. The lowest BCUT2D eigenvalue weighted by molar-refractivity contribution is 0.0724. The van der Waals surface area contributed by atoms with E-state index >= 15 is 0 Å². The molecule has 0 spiro atoms. The minimum Gasteiger partial charge on any atom is -0.340 e. The molecule has 17 heavy (non-hydrogen) atoms. The Morgan fingerprint density at radius 1 is 1.65 bits per heavy atom. The summed E-state index contributed by atoms with van der Waals surface area (Å²) >= 11 is 0. The monoisotopic (exact) mass is 236 g/mol. The summed E-state index contributed by atoms with van der Waals surface area (Å²) in [5.74, 6) is 0.0603. The van der Waals surface area contributed by atoms with Crippen LogP contribution in [0.4, 0.5) is 0 Å². The molecule has 0 saturated carbocycles. The highest BCUT2D eigenvalue weighted by molar-refractivity contribution is 5.92. The number of likely N-dealkylation sites (tertiary alicyclic amines) is 1. The summed E-state index contributed by atoms with van der Waals surface area (Å²) in [5.41, 5.74) is 6.07. The van der Waals surface area contributed by atoms with Crippen molar-refractivity contribution in [2.45, 2.75) is 31.7 Å². The topological polar surface area (TPSA) is 64.2 Å². The molecule has 0 radical (unpaired) electrons. The fourth-order valence-corrected chi connectivity index (χ4v) is 2.43. The molecule has 0 aromatic carbocycles. The molecule has 1 saturated heterocycles. The third-order valence-corrected chi connectivity index (χ3v) is 3.30. The molecule has 1 atom stereocenters. The van der Waals surface area contributed by atoms with Gasteiger partial charge in [0.05, 0.1) is 6.33 Å². The Hall–Kier alpha value is -1.36. The number of rotatable bonds is 4. The molecule has 2 rings (SSSR count). The van der Waals surface area contributed by atoms with Gasteiger partial charge in [0.1, 0.15) is 5.69 Å². The molecule has 94 valence electrons. The Kier molecular flexibility index (Phi) is 3.78. The Morgan fingerprint density at radius 2 is 2.47 bits per heavy atom. The van der Waals surface area contributed by atoms with Crippen LogP contribution in [0, 0.1) is 0 Å². The van der Waals surface area contributed by atoms with Crippen molar-refractivity contribution in [2.24, 2.45) is 12.8 Å². The average molecular weight is 236 g/mol. The fraction of sp³-hybridized carbons (Fsp3) is 0.667. The van der Waals surface area contributed by atoms with Gasteiger partial charge in [-0.1, -0.05) is 0 Å². The summed E-state index contributed by atoms with van der Waals surface area (Å²) in [6.45, 7) is 1.55. The van der Waals surface area contributed by atoms with Gasteiger partial charge in [-0.05, 0) is 32.2 Å². The second kappa shape index (κ2) is 5.31. The van der Waals surface area contributed by atoms with Crippen LogP contribution < -0.4 is 5.73 Å². The zero-order chi connectivity index (χ0) is 12.3. The van der Waals surface area contributed by atoms with Crippen molar-refractivity contribution in [1.82, 2.24) is 14.5 Å². The lowest BCUT2D eigenvalue weighted by Gasteiger charge is -2.23. The van der Waals surface area contributed by atoms with E-state index < -0.39 is 0 Å². The number of carbonyl (C=O) groups is 1. The number of hydrogen-bond donors (Lipinski definition) is 1. The summed E-state index contributed by atoms with van der Waals surface area (Å²) in [4.78, 5) is 18.3. The molecule has 1 aliphatic rings. The smallest absolute Gasteiger partial charge is 0.274 e. The summed E-state index contributed by atoms with van der Waals surface area (Å²) in [6.07, 6.45) is 7.62. The second-order valence-electron chi connectivity index (χ2n) is 4.65. The Labute approximate surface area is 102 Å². The highest BCUT2D eigenvalue weighted by Crippen LogP contribution is 2.22. The van der Waals surface area contributed by atoms with E-state index in [2.05, 4.69) is 4.98 Å². The predicted octanol–water partition coefficient (Wildman–Crippen LogP) is 0.764. The fourth-order valence-electron chi connectivity index (χ4n) is 2.43. The Balaban J connectivity index is 2.03. The maximum absolute atomic E-state index is 12.3. The van der Waals surface area contributed by atoms with Crippen LogP contribution in [-0.4, -0.2) is 39.5 Å². The van der Waals surface area contributed by atoms with Gasteiger partial charge in [0.15, 0.2) is 0 Å². The van der Waals surface area contributed by atoms with Gasteiger partial charge in [0, 0.05) is 25.8 Å². The molecule has 1 unspecified atom stereocenters. The first-order valence-electron chi connectivity index (χ1n) is 6.21. The number of amides is 1. The maximum atomic E-state index is 12.3. The molecule has 1 aromatic rings. The van der Waals surface area contributed by atoms with Crippen LogP contribution in [0.2, 0.25) is 0 Å². The quantitative estimate of drug-likeness (QED) is 0.839. The van der Waals surface area contributed by atoms with Crippen molar-refractivity contribution >= 4 is 5.91 Å². The molecule has 1 aromatic heterocycles. The van der Waals surface area contributed by atoms with Gasteiger partial charge in [-0.25, -0.2) is 4.98 Å². The van der Waals surface area contributed by atoms with Crippen molar-refractivity contribution in [3.8, 4) is 0 Å². The van der Waals surface area contributed by atoms with Crippen molar-refractivity contribution in [3.63, 3.8) is 0 Å². The normalized spacial score (nSPS) is 19.9. The van der Waals surface area contributed by atoms with E-state index in [1.807, 2.05) is 11.9 Å². The summed E-state index contributed by atoms with van der Waals surface area (Å²) in [6, 6.07) is 0.355. The third kappa shape index (κ3) is 2.66. The summed E-state index contributed by atoms with van der Waals surface area (Å²) in [5, 5.41) is 0. The van der Waals surface area contributed by atoms with Crippen LogP contribution in [0.5, 0.6) is 0 Å². The molecule has 5 heteroatoms. The molecule has 0 bridgehead atoms. The zero-order valence-electron chi connectivity index (χ0n) is 10.3. The van der Waals surface area contributed by atoms with Crippen molar-refractivity contribution in [1.29, 1.82) is 0 Å². The first-order valence-corrected chi connectivity index (χ1v) is 6.21. The SMILES string of the molecule is Cn1cnc(C(=O)N2CCCC2CCCN)c1. The van der Waals surface area contributed by atoms with Crippen LogP contribution in [0.25, 0.3) is 0 Å². The molecular formula is C12H20N4O. The molecule has 1 amide bonds. The van der Waals surface area contributed by atoms with Crippen molar-refractivity contribution in [3.05, 3.63) is 18.2 Å². The van der Waals surface area contributed by atoms with Crippen LogP contribution in [0.15, 0.2) is 12.5 Å². The number of nitrogens with zero attached hydrogens (tertiary/aromatic N) is 3. The van der Waals surface area contributed by atoms with E-state index in [4.69, 9.17) is 5.73 Å². The molecule has 2 N–H and O–H groups in total. The molecule has 1 fully saturated rings. The standard InChI is InChI=1S/C12H20N4O/c1-15-8-11(14-9-15)12(17)16-7-3-5-10(16)4-2-6-13/h8-10H,2-7,13H2,1H3. The number of carbonyl (C=O) groups excluding carboxylic acids is 1. The lowest BCUT2D eigenvalue weighted by atomic mass is 10.1. The van der Waals surface area contributed by atoms with Gasteiger partial charge in [0.25, 0.3) is 5.91 Å². The molecule has 2 heterocycles. The van der Waals surface area contributed by atoms with Crippen LogP contribution >= 0.6 is 0 Å². The Morgan fingerprint density at radius 3 is 3.12 bits per heavy atom. The number of aromatic nitrogens is 2. The van der Waals surface area contributed by atoms with Gasteiger partial charge >= 0.3 is 0 Å². The number of aryl methyl sites for hydroxylation is 1. The number of hydrogen-bond acceptors (Lipinski definition) is 3. The molecule has 5 nitrogen and oxygen atoms in total. The zero-order valence-corrected chi connectivity index (χ0v) is 10.3. The van der Waals surface area contributed by atoms with Crippen LogP contribution in [-0.2, 0) is 7.05 Å². The maximum Gasteiger partial charge on any atom is 0.274 e. The first-order chi connectivity index (χ1) is 8.22. The average Bonchev–Trinajstić information content (AvgIpc) is 2.94. The van der Waals surface area contributed by atoms with Gasteiger partial charge in [0.2, 0.25) is 0 Å². The minimum atomic E-state index is 0.0603. The van der Waals surface area contributed by atoms with Crippen LogP contribution in [0.3, 0.4) is 0 Å². The van der Waals surface area contributed by atoms with Crippen molar-refractivity contribution in [2.75, 3.05) is 13.1 Å². The largest absolute Gasteiger partial charge is 0.340 e. The van der Waals surface area contributed by atoms with Gasteiger partial charge in [-0.2, -0.15) is 0 Å². The van der Waals surface area contributed by atoms with E-state index in [0.717, 1.165) is 32.2 Å². The lowest BCUT2D eigenvalue weighted by Crippen LogP contribution is -2.36. The highest BCUT2D eigenvalue weighted by atomic mass is 16.2. The van der Waals surface area contributed by atoms with Crippen molar-refractivity contribution < 1.29 is 4.79 Å². The van der Waals surface area contributed by atoms with E-state index in [-0.39, 0.29) is 5.91 Å². The first kappa shape index (κ1) is 12.1. The molecule has 1 aliphatic heterocycles. The highest BCUT2D eigenvalue weighted by Gasteiger charge is 2.29. The minimum absolute atomic E-state index is 0.0603. The van der Waals surface area contributed by atoms with Gasteiger partial charge in [-0.15, -0.1) is 0 Å². The Bertz CT molecular complexity index is 388. The summed E-state index contributed by atoms with van der Waals surface area (Å²) < 4.78 is 1.80. The number of nitrogens with two attached hydrogens (primary N) is 1. The van der Waals surface area contributed by atoms with E-state index in [1.165, 1.54) is 0 Å². The predicted molar refractivity (Wildman–Crippen MR) is 65.6 cm³/mol. The second-order valence-corrected chi connectivity index (χ2v) is 4.65.